The Morgan fingerprint density at radius 1 is 1.46 bits per heavy atom. The fraction of sp³-hybridized carbons (Fsp3) is 0.750. The summed E-state index contributed by atoms with van der Waals surface area (Å²) in [4.78, 5) is 9.00. The Hall–Kier alpha value is -0.680. The van der Waals surface area contributed by atoms with Crippen molar-refractivity contribution in [2.75, 3.05) is 25.0 Å². The quantitative estimate of drug-likeness (QED) is 0.652. The molecule has 0 spiro atoms. The van der Waals surface area contributed by atoms with Crippen molar-refractivity contribution < 1.29 is 0 Å². The second-order valence-electron chi connectivity index (χ2n) is 3.85. The fourth-order valence-electron chi connectivity index (χ4n) is 2.26. The molecule has 3 fully saturated rings. The molecule has 2 unspecified atom stereocenters. The average molecular weight is 196 g/mol. The summed E-state index contributed by atoms with van der Waals surface area (Å²) < 4.78 is 4.26. The Labute approximate surface area is 81.3 Å². The predicted molar refractivity (Wildman–Crippen MR) is 52.1 cm³/mol. The van der Waals surface area contributed by atoms with E-state index in [-0.39, 0.29) is 0 Å². The maximum Gasteiger partial charge on any atom is 0.237 e. The van der Waals surface area contributed by atoms with Crippen molar-refractivity contribution in [2.24, 2.45) is 0 Å². The summed E-state index contributed by atoms with van der Waals surface area (Å²) in [5.74, 6) is 0.924. The maximum atomic E-state index is 4.26. The van der Waals surface area contributed by atoms with Gasteiger partial charge in [0, 0.05) is 25.2 Å². The predicted octanol–water partition coefficient (Wildman–Crippen LogP) is 0.431. The normalized spacial score (nSPS) is 33.2. The van der Waals surface area contributed by atoms with Gasteiger partial charge in [-0.25, -0.2) is 4.98 Å². The van der Waals surface area contributed by atoms with Gasteiger partial charge in [-0.15, -0.1) is 0 Å². The summed E-state index contributed by atoms with van der Waals surface area (Å²) in [6.45, 7) is 2.20. The summed E-state index contributed by atoms with van der Waals surface area (Å²) in [7, 11) is 2.21. The van der Waals surface area contributed by atoms with Crippen molar-refractivity contribution >= 4 is 17.5 Å². The van der Waals surface area contributed by atoms with Crippen LogP contribution in [0, 0.1) is 0 Å². The van der Waals surface area contributed by atoms with Crippen LogP contribution in [0.1, 0.15) is 6.42 Å². The lowest BCUT2D eigenvalue weighted by Crippen LogP contribution is -2.67. The second-order valence-corrected chi connectivity index (χ2v) is 4.45. The van der Waals surface area contributed by atoms with Crippen LogP contribution in [-0.2, 0) is 0 Å². The zero-order valence-corrected chi connectivity index (χ0v) is 8.37. The van der Waals surface area contributed by atoms with E-state index < -0.39 is 0 Å². The van der Waals surface area contributed by atoms with E-state index in [9.17, 15) is 0 Å². The van der Waals surface area contributed by atoms with Gasteiger partial charge in [0.2, 0.25) is 5.95 Å². The third kappa shape index (κ3) is 1.07. The van der Waals surface area contributed by atoms with Crippen LogP contribution in [0.5, 0.6) is 0 Å². The molecular formula is C8H12N4S. The minimum atomic E-state index is 0.738. The van der Waals surface area contributed by atoms with Crippen molar-refractivity contribution in [1.82, 2.24) is 14.3 Å². The largest absolute Gasteiger partial charge is 0.337 e. The van der Waals surface area contributed by atoms with E-state index in [4.69, 9.17) is 0 Å². The van der Waals surface area contributed by atoms with Gasteiger partial charge in [-0.2, -0.15) is 4.37 Å². The first-order chi connectivity index (χ1) is 6.34. The monoisotopic (exact) mass is 196 g/mol. The Balaban J connectivity index is 1.77. The Morgan fingerprint density at radius 3 is 2.77 bits per heavy atom. The molecule has 0 aromatic carbocycles. The minimum Gasteiger partial charge on any atom is -0.337 e. The second kappa shape index (κ2) is 2.65. The highest BCUT2D eigenvalue weighted by atomic mass is 32.1. The molecule has 2 atom stereocenters. The zero-order valence-electron chi connectivity index (χ0n) is 7.55. The van der Waals surface area contributed by atoms with Crippen molar-refractivity contribution in [1.29, 1.82) is 0 Å². The van der Waals surface area contributed by atoms with Crippen molar-refractivity contribution in [3.63, 3.8) is 0 Å². The molecule has 4 heterocycles. The van der Waals surface area contributed by atoms with Crippen LogP contribution in [-0.4, -0.2) is 46.5 Å². The van der Waals surface area contributed by atoms with Crippen molar-refractivity contribution in [3.05, 3.63) is 5.51 Å². The summed E-state index contributed by atoms with van der Waals surface area (Å²) in [6, 6.07) is 1.48. The van der Waals surface area contributed by atoms with Crippen LogP contribution < -0.4 is 4.90 Å². The van der Waals surface area contributed by atoms with Gasteiger partial charge in [-0.3, -0.25) is 4.90 Å². The number of hydrogen-bond acceptors (Lipinski definition) is 5. The van der Waals surface area contributed by atoms with Gasteiger partial charge >= 0.3 is 0 Å². The third-order valence-corrected chi connectivity index (χ3v) is 3.66. The highest BCUT2D eigenvalue weighted by Gasteiger charge is 2.42. The molecule has 0 amide bonds. The van der Waals surface area contributed by atoms with Crippen molar-refractivity contribution in [2.45, 2.75) is 18.5 Å². The molecule has 70 valence electrons. The molecule has 0 radical (unpaired) electrons. The van der Waals surface area contributed by atoms with Crippen LogP contribution >= 0.6 is 11.5 Å². The average Bonchev–Trinajstić information content (AvgIpc) is 2.70. The molecule has 5 heteroatoms. The van der Waals surface area contributed by atoms with Crippen LogP contribution in [0.25, 0.3) is 0 Å². The number of nitrogens with zero attached hydrogens (tertiary/aromatic N) is 4. The SMILES string of the molecule is CN1C2CC1CN(c1ncsn1)C2. The summed E-state index contributed by atoms with van der Waals surface area (Å²) in [5.41, 5.74) is 1.80. The minimum absolute atomic E-state index is 0.738. The smallest absolute Gasteiger partial charge is 0.237 e. The first kappa shape index (κ1) is 7.70. The van der Waals surface area contributed by atoms with Gasteiger partial charge in [0.05, 0.1) is 0 Å². The first-order valence-electron chi connectivity index (χ1n) is 4.58. The third-order valence-electron chi connectivity index (χ3n) is 3.19. The molecule has 3 aliphatic rings. The Bertz CT molecular complexity index is 287. The van der Waals surface area contributed by atoms with Crippen molar-refractivity contribution in [3.8, 4) is 0 Å². The molecular weight excluding hydrogens is 184 g/mol. The van der Waals surface area contributed by atoms with Gasteiger partial charge in [-0.1, -0.05) is 0 Å². The number of aromatic nitrogens is 2. The molecule has 2 bridgehead atoms. The number of rotatable bonds is 1. The topological polar surface area (TPSA) is 32.3 Å². The fourth-order valence-corrected chi connectivity index (χ4v) is 2.71. The standard InChI is InChI=1S/C8H12N4S/c1-11-6-2-7(11)4-12(3-6)8-9-5-13-10-8/h5-7H,2-4H2,1H3. The Kier molecular flexibility index (Phi) is 1.57. The van der Waals surface area contributed by atoms with Crippen LogP contribution in [0.3, 0.4) is 0 Å². The maximum absolute atomic E-state index is 4.26. The molecule has 3 aliphatic heterocycles. The van der Waals surface area contributed by atoms with Gasteiger partial charge in [0.1, 0.15) is 5.51 Å². The number of hydrogen-bond donors (Lipinski definition) is 0. The van der Waals surface area contributed by atoms with E-state index in [1.165, 1.54) is 18.0 Å². The molecule has 1 aromatic rings. The van der Waals surface area contributed by atoms with Gasteiger partial charge in [-0.05, 0) is 25.0 Å². The summed E-state index contributed by atoms with van der Waals surface area (Å²) in [6.07, 6.45) is 1.36. The number of piperazine rings is 1. The Morgan fingerprint density at radius 2 is 2.23 bits per heavy atom. The van der Waals surface area contributed by atoms with Gasteiger partial charge in [0.25, 0.3) is 0 Å². The summed E-state index contributed by atoms with van der Waals surface area (Å²) in [5, 5.41) is 0. The van der Waals surface area contributed by atoms with Gasteiger partial charge in [0.15, 0.2) is 0 Å². The molecule has 3 saturated heterocycles. The number of likely N-dealkylation sites (N-methyl/N-ethyl adjacent to an activating group) is 1. The molecule has 0 saturated carbocycles. The molecule has 0 aliphatic carbocycles. The van der Waals surface area contributed by atoms with E-state index in [0.717, 1.165) is 31.1 Å². The summed E-state index contributed by atoms with van der Waals surface area (Å²) >= 11 is 1.43. The first-order valence-corrected chi connectivity index (χ1v) is 5.41. The number of fused-ring (bicyclic) bond motifs is 2. The molecule has 13 heavy (non-hydrogen) atoms. The number of piperidine rings is 1. The molecule has 4 nitrogen and oxygen atoms in total. The van der Waals surface area contributed by atoms with Crippen LogP contribution in [0.15, 0.2) is 5.51 Å². The molecule has 0 N–H and O–H groups in total. The van der Waals surface area contributed by atoms with Gasteiger partial charge < -0.3 is 4.90 Å². The van der Waals surface area contributed by atoms with E-state index in [1.807, 2.05) is 0 Å². The van der Waals surface area contributed by atoms with E-state index in [0.29, 0.717) is 0 Å². The molecule has 1 aromatic heterocycles. The lowest BCUT2D eigenvalue weighted by Gasteiger charge is -2.54. The van der Waals surface area contributed by atoms with Crippen LogP contribution in [0.4, 0.5) is 5.95 Å². The highest BCUT2D eigenvalue weighted by Crippen LogP contribution is 2.31. The lowest BCUT2D eigenvalue weighted by molar-refractivity contribution is 0.0258. The van der Waals surface area contributed by atoms with E-state index in [2.05, 4.69) is 26.2 Å². The number of anilines is 1. The van der Waals surface area contributed by atoms with E-state index in [1.54, 1.807) is 5.51 Å². The van der Waals surface area contributed by atoms with E-state index >= 15 is 0 Å². The zero-order chi connectivity index (χ0) is 8.84. The van der Waals surface area contributed by atoms with Crippen LogP contribution in [0.2, 0.25) is 0 Å². The molecule has 4 rings (SSSR count). The lowest BCUT2D eigenvalue weighted by atomic mass is 9.89. The highest BCUT2D eigenvalue weighted by molar-refractivity contribution is 7.03.